The SMILES string of the molecule is NC(=O)CCCC1(CCCC(N)=O)CC[Si](c2ccccc2)(c2ccccc2)[Si](c2ccccc2)(c2ccccc2)O1. The van der Waals surface area contributed by atoms with Gasteiger partial charge in [-0.1, -0.05) is 132 Å². The fourth-order valence-corrected chi connectivity index (χ4v) is 25.6. The van der Waals surface area contributed by atoms with Gasteiger partial charge in [0.2, 0.25) is 11.8 Å². The average Bonchev–Trinajstić information content (AvgIpc) is 3.02. The van der Waals surface area contributed by atoms with E-state index in [4.69, 9.17) is 15.9 Å². The summed E-state index contributed by atoms with van der Waals surface area (Å²) in [4.78, 5) is 23.7. The molecule has 2 amide bonds. The minimum Gasteiger partial charge on any atom is -0.404 e. The molecule has 42 heavy (non-hydrogen) atoms. The van der Waals surface area contributed by atoms with E-state index in [1.807, 2.05) is 0 Å². The molecule has 4 aromatic rings. The smallest absolute Gasteiger partial charge is 0.251 e. The van der Waals surface area contributed by atoms with Crippen molar-refractivity contribution in [1.29, 1.82) is 0 Å². The molecule has 0 aromatic heterocycles. The standard InChI is InChI=1S/C35H40N2O3Si2/c36-33(38)23-13-25-35(26-14-24-34(37)39)27-28-41(29-15-5-1-6-16-29,30-17-7-2-8-18-30)42(40-35,31-19-9-3-10-20-31)32-21-11-4-12-22-32/h1-12,15-22H,13-14,23-28H2,(H2,36,38)(H2,37,39). The Kier molecular flexibility index (Phi) is 9.21. The first-order chi connectivity index (χ1) is 20.4. The minimum absolute atomic E-state index is 0.301. The lowest BCUT2D eigenvalue weighted by molar-refractivity contribution is -0.118. The van der Waals surface area contributed by atoms with Gasteiger partial charge in [0.15, 0.2) is 7.59 Å². The van der Waals surface area contributed by atoms with Gasteiger partial charge in [0.1, 0.15) is 0 Å². The van der Waals surface area contributed by atoms with Crippen LogP contribution in [0.3, 0.4) is 0 Å². The van der Waals surface area contributed by atoms with E-state index >= 15 is 0 Å². The number of carbonyl (C=O) groups is 2. The predicted molar refractivity (Wildman–Crippen MR) is 175 cm³/mol. The van der Waals surface area contributed by atoms with Crippen LogP contribution in [0.25, 0.3) is 0 Å². The van der Waals surface area contributed by atoms with Crippen LogP contribution < -0.4 is 32.2 Å². The van der Waals surface area contributed by atoms with Gasteiger partial charge in [0, 0.05) is 12.8 Å². The molecular formula is C35H40N2O3Si2. The van der Waals surface area contributed by atoms with Crippen LogP contribution in [0, 0.1) is 0 Å². The van der Waals surface area contributed by atoms with Crippen molar-refractivity contribution in [3.63, 3.8) is 0 Å². The highest BCUT2D eigenvalue weighted by atomic mass is 29.3. The molecule has 216 valence electrons. The van der Waals surface area contributed by atoms with Crippen molar-refractivity contribution < 1.29 is 14.0 Å². The van der Waals surface area contributed by atoms with Gasteiger partial charge in [0.05, 0.1) is 5.60 Å². The molecule has 7 heteroatoms. The molecule has 1 aliphatic heterocycles. The minimum atomic E-state index is -3.08. The van der Waals surface area contributed by atoms with Crippen LogP contribution >= 0.6 is 0 Å². The number of nitrogens with two attached hydrogens (primary N) is 2. The third kappa shape index (κ3) is 5.77. The van der Waals surface area contributed by atoms with E-state index < -0.39 is 21.0 Å². The Balaban J connectivity index is 1.81. The van der Waals surface area contributed by atoms with E-state index in [-0.39, 0.29) is 11.8 Å². The molecule has 0 atom stereocenters. The Labute approximate surface area is 250 Å². The molecule has 1 heterocycles. The van der Waals surface area contributed by atoms with Gasteiger partial charge in [-0.05, 0) is 48.5 Å². The van der Waals surface area contributed by atoms with Crippen LogP contribution in [0.1, 0.15) is 44.9 Å². The van der Waals surface area contributed by atoms with Crippen LogP contribution in [-0.2, 0) is 14.0 Å². The summed E-state index contributed by atoms with van der Waals surface area (Å²) in [7, 11) is -5.75. The Morgan fingerprint density at radius 3 is 1.31 bits per heavy atom. The number of hydrogen-bond acceptors (Lipinski definition) is 3. The first-order valence-electron chi connectivity index (χ1n) is 14.9. The summed E-state index contributed by atoms with van der Waals surface area (Å²) in [6.45, 7) is 0. The van der Waals surface area contributed by atoms with E-state index in [1.165, 1.54) is 20.7 Å². The van der Waals surface area contributed by atoms with E-state index in [9.17, 15) is 9.59 Å². The third-order valence-electron chi connectivity index (χ3n) is 8.93. The molecule has 0 bridgehead atoms. The van der Waals surface area contributed by atoms with Crippen LogP contribution in [-0.4, -0.2) is 32.8 Å². The van der Waals surface area contributed by atoms with Crippen LogP contribution in [0.5, 0.6) is 0 Å². The zero-order valence-corrected chi connectivity index (χ0v) is 26.1. The molecular weight excluding hydrogens is 553 g/mol. The van der Waals surface area contributed by atoms with Gasteiger partial charge in [-0.25, -0.2) is 0 Å². The largest absolute Gasteiger partial charge is 0.404 e. The van der Waals surface area contributed by atoms with Crippen LogP contribution in [0.2, 0.25) is 6.04 Å². The second-order valence-electron chi connectivity index (χ2n) is 11.5. The Bertz CT molecular complexity index is 1370. The molecule has 0 aliphatic carbocycles. The summed E-state index contributed by atoms with van der Waals surface area (Å²) in [6.07, 6.45) is 4.16. The summed E-state index contributed by atoms with van der Waals surface area (Å²) in [5.74, 6) is -0.602. The summed E-state index contributed by atoms with van der Waals surface area (Å²) < 4.78 is 8.02. The molecule has 4 N–H and O–H groups in total. The monoisotopic (exact) mass is 592 g/mol. The third-order valence-corrected chi connectivity index (χ3v) is 24.9. The second-order valence-corrected chi connectivity index (χ2v) is 22.3. The maximum atomic E-state index is 11.8. The fraction of sp³-hybridized carbons (Fsp3) is 0.257. The van der Waals surface area contributed by atoms with Crippen molar-refractivity contribution in [2.24, 2.45) is 11.5 Å². The fourth-order valence-electron chi connectivity index (χ4n) is 7.13. The number of rotatable bonds is 12. The highest BCUT2D eigenvalue weighted by molar-refractivity contribution is 7.57. The van der Waals surface area contributed by atoms with Crippen molar-refractivity contribution in [2.75, 3.05) is 0 Å². The molecule has 5 rings (SSSR count). The first-order valence-corrected chi connectivity index (χ1v) is 20.0. The number of amides is 2. The van der Waals surface area contributed by atoms with Crippen molar-refractivity contribution in [3.8, 4) is 0 Å². The van der Waals surface area contributed by atoms with Gasteiger partial charge in [-0.2, -0.15) is 0 Å². The lowest BCUT2D eigenvalue weighted by atomic mass is 9.88. The van der Waals surface area contributed by atoms with E-state index in [0.29, 0.717) is 38.5 Å². The molecule has 1 fully saturated rings. The molecule has 1 saturated heterocycles. The Morgan fingerprint density at radius 2 is 0.952 bits per heavy atom. The summed E-state index contributed by atoms with van der Waals surface area (Å²) in [5, 5.41) is 5.26. The number of carbonyl (C=O) groups excluding carboxylic acids is 2. The highest BCUT2D eigenvalue weighted by Crippen LogP contribution is 2.44. The molecule has 0 radical (unpaired) electrons. The lowest BCUT2D eigenvalue weighted by Crippen LogP contribution is -2.89. The molecule has 0 unspecified atom stereocenters. The molecule has 0 saturated carbocycles. The number of benzene rings is 4. The Morgan fingerprint density at radius 1 is 0.595 bits per heavy atom. The van der Waals surface area contributed by atoms with E-state index in [2.05, 4.69) is 121 Å². The molecule has 5 nitrogen and oxygen atoms in total. The first kappa shape index (κ1) is 29.7. The van der Waals surface area contributed by atoms with Crippen molar-refractivity contribution in [3.05, 3.63) is 121 Å². The molecule has 4 aromatic carbocycles. The lowest BCUT2D eigenvalue weighted by Gasteiger charge is -2.58. The van der Waals surface area contributed by atoms with Gasteiger partial charge in [-0.15, -0.1) is 0 Å². The normalized spacial score (nSPS) is 16.9. The van der Waals surface area contributed by atoms with E-state index in [1.54, 1.807) is 0 Å². The summed E-state index contributed by atoms with van der Waals surface area (Å²) in [5.41, 5.74) is 10.7. The molecule has 1 aliphatic rings. The number of hydrogen-bond donors (Lipinski definition) is 2. The van der Waals surface area contributed by atoms with Crippen molar-refractivity contribution >= 4 is 48.0 Å². The highest BCUT2D eigenvalue weighted by Gasteiger charge is 2.66. The zero-order chi connectivity index (χ0) is 29.5. The van der Waals surface area contributed by atoms with Crippen LogP contribution in [0.4, 0.5) is 0 Å². The zero-order valence-electron chi connectivity index (χ0n) is 24.1. The Hall–Kier alpha value is -3.79. The van der Waals surface area contributed by atoms with Gasteiger partial charge >= 0.3 is 0 Å². The van der Waals surface area contributed by atoms with Crippen LogP contribution in [0.15, 0.2) is 121 Å². The summed E-state index contributed by atoms with van der Waals surface area (Å²) >= 11 is 0. The van der Waals surface area contributed by atoms with Gasteiger partial charge in [-0.3, -0.25) is 9.59 Å². The van der Waals surface area contributed by atoms with Gasteiger partial charge in [0.25, 0.3) is 7.83 Å². The maximum Gasteiger partial charge on any atom is 0.251 e. The average molecular weight is 593 g/mol. The predicted octanol–water partition coefficient (Wildman–Crippen LogP) is 3.56. The topological polar surface area (TPSA) is 95.4 Å². The van der Waals surface area contributed by atoms with Crippen molar-refractivity contribution in [1.82, 2.24) is 0 Å². The van der Waals surface area contributed by atoms with E-state index in [0.717, 1.165) is 12.5 Å². The quantitative estimate of drug-likeness (QED) is 0.246. The summed E-state index contributed by atoms with van der Waals surface area (Å²) in [6, 6.07) is 44.7. The molecule has 0 spiro atoms. The number of primary amides is 2. The van der Waals surface area contributed by atoms with Crippen molar-refractivity contribution in [2.45, 2.75) is 56.6 Å². The van der Waals surface area contributed by atoms with Gasteiger partial charge < -0.3 is 15.9 Å². The maximum absolute atomic E-state index is 11.8. The second kappa shape index (κ2) is 13.0.